The molecule has 0 amide bonds. The molecule has 1 heterocycles. The summed E-state index contributed by atoms with van der Waals surface area (Å²) in [5.74, 6) is 0.897. The lowest BCUT2D eigenvalue weighted by atomic mass is 10.3. The van der Waals surface area contributed by atoms with Crippen molar-refractivity contribution in [1.29, 1.82) is 0 Å². The zero-order valence-corrected chi connectivity index (χ0v) is 11.0. The van der Waals surface area contributed by atoms with Gasteiger partial charge in [0.25, 0.3) is 0 Å². The number of nitrogens with two attached hydrogens (primary N) is 1. The van der Waals surface area contributed by atoms with Crippen LogP contribution < -0.4 is 15.2 Å². The van der Waals surface area contributed by atoms with Crippen LogP contribution in [0.25, 0.3) is 0 Å². The minimum absolute atomic E-state index is 0.0502. The third-order valence-corrected chi connectivity index (χ3v) is 3.37. The van der Waals surface area contributed by atoms with E-state index < -0.39 is 10.0 Å². The van der Waals surface area contributed by atoms with E-state index in [-0.39, 0.29) is 10.7 Å². The Morgan fingerprint density at radius 1 is 1.21 bits per heavy atom. The molecule has 0 aliphatic heterocycles. The highest BCUT2D eigenvalue weighted by atomic mass is 32.2. The molecule has 100 valence electrons. The molecule has 0 atom stereocenters. The summed E-state index contributed by atoms with van der Waals surface area (Å²) in [5.41, 5.74) is 0.685. The van der Waals surface area contributed by atoms with Gasteiger partial charge in [0.2, 0.25) is 10.0 Å². The maximum atomic E-state index is 11.4. The third-order valence-electron chi connectivity index (χ3n) is 2.43. The number of aromatic nitrogens is 1. The van der Waals surface area contributed by atoms with Gasteiger partial charge in [-0.15, -0.1) is 0 Å². The fourth-order valence-corrected chi connectivity index (χ4v) is 2.17. The summed E-state index contributed by atoms with van der Waals surface area (Å²) in [4.78, 5) is 3.93. The number of hydrogen-bond acceptors (Lipinski definition) is 5. The smallest absolute Gasteiger partial charge is 0.241 e. The summed E-state index contributed by atoms with van der Waals surface area (Å²) in [6.45, 7) is 0. The van der Waals surface area contributed by atoms with Gasteiger partial charge >= 0.3 is 0 Å². The Morgan fingerprint density at radius 3 is 2.47 bits per heavy atom. The first-order valence-corrected chi connectivity index (χ1v) is 6.94. The van der Waals surface area contributed by atoms with Gasteiger partial charge in [-0.3, -0.25) is 0 Å². The summed E-state index contributed by atoms with van der Waals surface area (Å²) in [7, 11) is -2.25. The van der Waals surface area contributed by atoms with Crippen LogP contribution in [0.15, 0.2) is 47.5 Å². The van der Waals surface area contributed by atoms with Crippen molar-refractivity contribution in [3.05, 3.63) is 42.6 Å². The Labute approximate surface area is 111 Å². The number of sulfonamides is 1. The predicted octanol–water partition coefficient (Wildman–Crippen LogP) is 1.48. The maximum absolute atomic E-state index is 11.4. The van der Waals surface area contributed by atoms with Gasteiger partial charge in [0.15, 0.2) is 5.82 Å². The molecule has 0 bridgehead atoms. The van der Waals surface area contributed by atoms with Crippen LogP contribution in [0.1, 0.15) is 0 Å². The minimum Gasteiger partial charge on any atom is -0.497 e. The third kappa shape index (κ3) is 3.21. The zero-order valence-electron chi connectivity index (χ0n) is 10.2. The van der Waals surface area contributed by atoms with Gasteiger partial charge in [0.1, 0.15) is 10.6 Å². The van der Waals surface area contributed by atoms with Crippen LogP contribution in [0.4, 0.5) is 11.5 Å². The Kier molecular flexibility index (Phi) is 3.68. The number of rotatable bonds is 4. The Bertz CT molecular complexity index is 669. The largest absolute Gasteiger partial charge is 0.497 e. The van der Waals surface area contributed by atoms with Crippen LogP contribution in [0.3, 0.4) is 0 Å². The first kappa shape index (κ1) is 13.3. The van der Waals surface area contributed by atoms with Crippen molar-refractivity contribution in [3.63, 3.8) is 0 Å². The lowest BCUT2D eigenvalue weighted by Crippen LogP contribution is -2.14. The second kappa shape index (κ2) is 5.25. The molecule has 19 heavy (non-hydrogen) atoms. The first-order valence-electron chi connectivity index (χ1n) is 5.39. The molecule has 0 saturated heterocycles. The number of benzene rings is 1. The lowest BCUT2D eigenvalue weighted by molar-refractivity contribution is 0.415. The molecular formula is C12H13N3O3S. The molecule has 0 radical (unpaired) electrons. The van der Waals surface area contributed by atoms with E-state index in [4.69, 9.17) is 9.88 Å². The van der Waals surface area contributed by atoms with Crippen LogP contribution in [-0.2, 0) is 10.0 Å². The number of nitrogens with one attached hydrogen (secondary N) is 1. The van der Waals surface area contributed by atoms with Crippen molar-refractivity contribution >= 4 is 21.5 Å². The molecule has 2 rings (SSSR count). The molecule has 6 nitrogen and oxygen atoms in total. The molecule has 0 fully saturated rings. The van der Waals surface area contributed by atoms with E-state index in [2.05, 4.69) is 10.3 Å². The Balaban J connectivity index is 2.33. The van der Waals surface area contributed by atoms with Gasteiger partial charge in [0, 0.05) is 11.9 Å². The molecule has 3 N–H and O–H groups in total. The average Bonchev–Trinajstić information content (AvgIpc) is 2.39. The second-order valence-corrected chi connectivity index (χ2v) is 5.28. The van der Waals surface area contributed by atoms with Gasteiger partial charge in [-0.05, 0) is 36.4 Å². The van der Waals surface area contributed by atoms with Gasteiger partial charge in [-0.25, -0.2) is 18.5 Å². The van der Waals surface area contributed by atoms with E-state index >= 15 is 0 Å². The predicted molar refractivity (Wildman–Crippen MR) is 71.9 cm³/mol. The molecule has 0 saturated carbocycles. The number of primary sulfonamides is 1. The highest BCUT2D eigenvalue weighted by Crippen LogP contribution is 2.22. The van der Waals surface area contributed by atoms with E-state index in [1.165, 1.54) is 18.3 Å². The Morgan fingerprint density at radius 2 is 1.89 bits per heavy atom. The molecule has 2 aromatic rings. The van der Waals surface area contributed by atoms with Crippen LogP contribution in [0.5, 0.6) is 5.75 Å². The lowest BCUT2D eigenvalue weighted by Gasteiger charge is -2.09. The number of ether oxygens (including phenoxy) is 1. The van der Waals surface area contributed by atoms with E-state index in [9.17, 15) is 8.42 Å². The molecule has 0 aliphatic carbocycles. The van der Waals surface area contributed by atoms with E-state index in [1.807, 2.05) is 0 Å². The van der Waals surface area contributed by atoms with Crippen LogP contribution >= 0.6 is 0 Å². The molecule has 1 aromatic carbocycles. The monoisotopic (exact) mass is 279 g/mol. The number of anilines is 2. The molecule has 0 unspecified atom stereocenters. The van der Waals surface area contributed by atoms with Crippen molar-refractivity contribution < 1.29 is 13.2 Å². The zero-order chi connectivity index (χ0) is 13.9. The van der Waals surface area contributed by atoms with E-state index in [1.54, 1.807) is 31.4 Å². The van der Waals surface area contributed by atoms with E-state index in [0.29, 0.717) is 11.4 Å². The average molecular weight is 279 g/mol. The minimum atomic E-state index is -3.82. The number of methoxy groups -OCH3 is 1. The number of pyridine rings is 1. The SMILES string of the molecule is COc1ccc(Nc2ncccc2S(N)(=O)=O)cc1. The fraction of sp³-hybridized carbons (Fsp3) is 0.0833. The van der Waals surface area contributed by atoms with Gasteiger partial charge < -0.3 is 10.1 Å². The van der Waals surface area contributed by atoms with Crippen LogP contribution in [0, 0.1) is 0 Å². The highest BCUT2D eigenvalue weighted by molar-refractivity contribution is 7.89. The molecule has 1 aromatic heterocycles. The summed E-state index contributed by atoms with van der Waals surface area (Å²) in [6, 6.07) is 9.91. The molecule has 7 heteroatoms. The summed E-state index contributed by atoms with van der Waals surface area (Å²) in [5, 5.41) is 8.03. The number of hydrogen-bond donors (Lipinski definition) is 2. The topological polar surface area (TPSA) is 94.3 Å². The second-order valence-electron chi connectivity index (χ2n) is 3.75. The van der Waals surface area contributed by atoms with Crippen LogP contribution in [-0.4, -0.2) is 20.5 Å². The Hall–Kier alpha value is -2.12. The van der Waals surface area contributed by atoms with E-state index in [0.717, 1.165) is 0 Å². The van der Waals surface area contributed by atoms with Crippen molar-refractivity contribution in [2.24, 2.45) is 5.14 Å². The molecular weight excluding hydrogens is 266 g/mol. The van der Waals surface area contributed by atoms with Crippen LogP contribution in [0.2, 0.25) is 0 Å². The first-order chi connectivity index (χ1) is 9.00. The number of nitrogens with zero attached hydrogens (tertiary/aromatic N) is 1. The van der Waals surface area contributed by atoms with Crippen molar-refractivity contribution in [3.8, 4) is 5.75 Å². The summed E-state index contributed by atoms with van der Waals surface area (Å²) in [6.07, 6.45) is 1.49. The van der Waals surface area contributed by atoms with Crippen molar-refractivity contribution in [1.82, 2.24) is 4.98 Å². The fourth-order valence-electron chi connectivity index (χ4n) is 1.53. The normalized spacial score (nSPS) is 11.1. The maximum Gasteiger partial charge on any atom is 0.241 e. The van der Waals surface area contributed by atoms with Crippen molar-refractivity contribution in [2.45, 2.75) is 4.90 Å². The summed E-state index contributed by atoms with van der Waals surface area (Å²) < 4.78 is 27.9. The van der Waals surface area contributed by atoms with Gasteiger partial charge in [0.05, 0.1) is 7.11 Å². The molecule has 0 spiro atoms. The van der Waals surface area contributed by atoms with Gasteiger partial charge in [-0.1, -0.05) is 0 Å². The summed E-state index contributed by atoms with van der Waals surface area (Å²) >= 11 is 0. The van der Waals surface area contributed by atoms with Crippen molar-refractivity contribution in [2.75, 3.05) is 12.4 Å². The standard InChI is InChI=1S/C12H13N3O3S/c1-18-10-6-4-9(5-7-10)15-12-11(19(13,16)17)3-2-8-14-12/h2-8H,1H3,(H,14,15)(H2,13,16,17). The van der Waals surface area contributed by atoms with Gasteiger partial charge in [-0.2, -0.15) is 0 Å². The highest BCUT2D eigenvalue weighted by Gasteiger charge is 2.14. The molecule has 0 aliphatic rings. The quantitative estimate of drug-likeness (QED) is 0.884.